The number of carbonyl (C=O) groups excluding carboxylic acids is 1. The Bertz CT molecular complexity index is 897. The molecule has 0 bridgehead atoms. The molecule has 140 valence electrons. The van der Waals surface area contributed by atoms with Crippen LogP contribution in [-0.4, -0.2) is 11.9 Å². The van der Waals surface area contributed by atoms with Gasteiger partial charge >= 0.3 is 0 Å². The van der Waals surface area contributed by atoms with Crippen molar-refractivity contribution in [2.45, 2.75) is 26.5 Å². The molecule has 0 aliphatic carbocycles. The minimum Gasteiger partial charge on any atom is -0.486 e. The van der Waals surface area contributed by atoms with E-state index < -0.39 is 5.91 Å². The number of benzene rings is 2. The highest BCUT2D eigenvalue weighted by Gasteiger charge is 2.13. The Morgan fingerprint density at radius 2 is 1.96 bits per heavy atom. The molecule has 0 aliphatic rings. The van der Waals surface area contributed by atoms with E-state index in [4.69, 9.17) is 27.9 Å². The standard InChI is InChI=1S/C20H17Cl2FN2O2/c1-12(2)25-20(26)15(10-24)6-14-8-17(21)19(18(22)9-14)27-11-13-4-3-5-16(23)7-13/h3-9,12H,11H2,1-2H3,(H,25,26)/b15-6-. The first-order chi connectivity index (χ1) is 12.8. The van der Waals surface area contributed by atoms with E-state index >= 15 is 0 Å². The smallest absolute Gasteiger partial charge is 0.262 e. The lowest BCUT2D eigenvalue weighted by molar-refractivity contribution is -0.117. The number of rotatable bonds is 6. The summed E-state index contributed by atoms with van der Waals surface area (Å²) in [6.07, 6.45) is 1.39. The van der Waals surface area contributed by atoms with Gasteiger partial charge in [-0.2, -0.15) is 5.26 Å². The van der Waals surface area contributed by atoms with Crippen molar-refractivity contribution >= 4 is 35.2 Å². The third-order valence-electron chi connectivity index (χ3n) is 3.39. The maximum Gasteiger partial charge on any atom is 0.262 e. The summed E-state index contributed by atoms with van der Waals surface area (Å²) < 4.78 is 18.8. The second-order valence-electron chi connectivity index (χ2n) is 6.03. The van der Waals surface area contributed by atoms with Gasteiger partial charge in [-0.15, -0.1) is 0 Å². The molecule has 0 atom stereocenters. The van der Waals surface area contributed by atoms with Crippen LogP contribution in [0.4, 0.5) is 4.39 Å². The van der Waals surface area contributed by atoms with Gasteiger partial charge in [0.25, 0.3) is 5.91 Å². The van der Waals surface area contributed by atoms with E-state index in [2.05, 4.69) is 5.32 Å². The Balaban J connectivity index is 2.21. The highest BCUT2D eigenvalue weighted by molar-refractivity contribution is 6.37. The van der Waals surface area contributed by atoms with Gasteiger partial charge in [-0.1, -0.05) is 35.3 Å². The molecule has 0 aromatic heterocycles. The molecule has 7 heteroatoms. The summed E-state index contributed by atoms with van der Waals surface area (Å²) in [5.41, 5.74) is 1.05. The Kier molecular flexibility index (Phi) is 7.23. The molecule has 27 heavy (non-hydrogen) atoms. The van der Waals surface area contributed by atoms with Gasteiger partial charge in [0.2, 0.25) is 0 Å². The van der Waals surface area contributed by atoms with Crippen LogP contribution in [0, 0.1) is 17.1 Å². The average Bonchev–Trinajstić information content (AvgIpc) is 2.58. The molecular weight excluding hydrogens is 390 g/mol. The number of hydrogen-bond donors (Lipinski definition) is 1. The molecule has 2 aromatic carbocycles. The molecule has 0 aliphatic heterocycles. The van der Waals surface area contributed by atoms with E-state index in [1.165, 1.54) is 30.3 Å². The predicted octanol–water partition coefficient (Wildman–Crippen LogP) is 5.14. The zero-order valence-electron chi connectivity index (χ0n) is 14.7. The van der Waals surface area contributed by atoms with Gasteiger partial charge in [-0.25, -0.2) is 4.39 Å². The summed E-state index contributed by atoms with van der Waals surface area (Å²) >= 11 is 12.5. The molecule has 1 N–H and O–H groups in total. The van der Waals surface area contributed by atoms with Gasteiger partial charge in [0, 0.05) is 6.04 Å². The van der Waals surface area contributed by atoms with E-state index in [9.17, 15) is 14.4 Å². The lowest BCUT2D eigenvalue weighted by Gasteiger charge is -2.11. The van der Waals surface area contributed by atoms with Crippen LogP contribution in [0.2, 0.25) is 10.0 Å². The number of nitriles is 1. The van der Waals surface area contributed by atoms with Crippen molar-refractivity contribution in [3.05, 3.63) is 69.0 Å². The predicted molar refractivity (Wildman–Crippen MR) is 104 cm³/mol. The van der Waals surface area contributed by atoms with E-state index in [1.54, 1.807) is 26.0 Å². The average molecular weight is 407 g/mol. The topological polar surface area (TPSA) is 62.1 Å². The molecule has 0 spiro atoms. The van der Waals surface area contributed by atoms with Crippen molar-refractivity contribution in [3.8, 4) is 11.8 Å². The molecule has 2 aromatic rings. The number of nitrogens with one attached hydrogen (secondary N) is 1. The molecule has 1 amide bonds. The fraction of sp³-hybridized carbons (Fsp3) is 0.200. The van der Waals surface area contributed by atoms with Gasteiger partial charge in [0.05, 0.1) is 10.0 Å². The fourth-order valence-electron chi connectivity index (χ4n) is 2.24. The van der Waals surface area contributed by atoms with Crippen LogP contribution >= 0.6 is 23.2 Å². The minimum absolute atomic E-state index is 0.0655. The van der Waals surface area contributed by atoms with Crippen LogP contribution in [0.1, 0.15) is 25.0 Å². The van der Waals surface area contributed by atoms with Crippen molar-refractivity contribution in [2.24, 2.45) is 0 Å². The summed E-state index contributed by atoms with van der Waals surface area (Å²) in [6.45, 7) is 3.68. The van der Waals surface area contributed by atoms with Crippen LogP contribution < -0.4 is 10.1 Å². The van der Waals surface area contributed by atoms with E-state index in [0.717, 1.165) is 0 Å². The highest BCUT2D eigenvalue weighted by Crippen LogP contribution is 2.35. The molecule has 0 saturated carbocycles. The quantitative estimate of drug-likeness (QED) is 0.533. The first kappa shape index (κ1) is 20.8. The number of halogens is 3. The van der Waals surface area contributed by atoms with E-state index in [-0.39, 0.29) is 39.8 Å². The number of ether oxygens (including phenoxy) is 1. The molecule has 0 radical (unpaired) electrons. The van der Waals surface area contributed by atoms with Crippen LogP contribution in [0.25, 0.3) is 6.08 Å². The number of amides is 1. The largest absolute Gasteiger partial charge is 0.486 e. The SMILES string of the molecule is CC(C)NC(=O)/C(C#N)=C\c1cc(Cl)c(OCc2cccc(F)c2)c(Cl)c1. The summed E-state index contributed by atoms with van der Waals surface area (Å²) in [5, 5.41) is 12.3. The fourth-order valence-corrected chi connectivity index (χ4v) is 2.85. The maximum atomic E-state index is 13.2. The Morgan fingerprint density at radius 1 is 1.30 bits per heavy atom. The van der Waals surface area contributed by atoms with Crippen molar-refractivity contribution in [1.82, 2.24) is 5.32 Å². The van der Waals surface area contributed by atoms with Gasteiger partial charge in [0.1, 0.15) is 24.1 Å². The first-order valence-corrected chi connectivity index (χ1v) is 8.84. The van der Waals surface area contributed by atoms with Crippen LogP contribution in [-0.2, 0) is 11.4 Å². The van der Waals surface area contributed by atoms with Gasteiger partial charge < -0.3 is 10.1 Å². The van der Waals surface area contributed by atoms with Crippen molar-refractivity contribution in [2.75, 3.05) is 0 Å². The van der Waals surface area contributed by atoms with Crippen molar-refractivity contribution in [1.29, 1.82) is 5.26 Å². The van der Waals surface area contributed by atoms with Gasteiger partial charge in [0.15, 0.2) is 5.75 Å². The van der Waals surface area contributed by atoms with Crippen LogP contribution in [0.15, 0.2) is 42.0 Å². The molecule has 2 rings (SSSR count). The molecule has 4 nitrogen and oxygen atoms in total. The van der Waals surface area contributed by atoms with Gasteiger partial charge in [-0.05, 0) is 55.3 Å². The number of hydrogen-bond acceptors (Lipinski definition) is 3. The first-order valence-electron chi connectivity index (χ1n) is 8.09. The summed E-state index contributed by atoms with van der Waals surface area (Å²) in [5.74, 6) is -0.603. The zero-order valence-corrected chi connectivity index (χ0v) is 16.2. The normalized spacial score (nSPS) is 11.2. The van der Waals surface area contributed by atoms with Crippen LogP contribution in [0.5, 0.6) is 5.75 Å². The summed E-state index contributed by atoms with van der Waals surface area (Å²) in [4.78, 5) is 12.0. The zero-order chi connectivity index (χ0) is 20.0. The third kappa shape index (κ3) is 5.99. The Morgan fingerprint density at radius 3 is 2.52 bits per heavy atom. The van der Waals surface area contributed by atoms with E-state index in [1.807, 2.05) is 6.07 Å². The molecule has 0 saturated heterocycles. The lowest BCUT2D eigenvalue weighted by atomic mass is 10.1. The monoisotopic (exact) mass is 406 g/mol. The lowest BCUT2D eigenvalue weighted by Crippen LogP contribution is -2.30. The molecule has 0 fully saturated rings. The third-order valence-corrected chi connectivity index (χ3v) is 3.95. The maximum absolute atomic E-state index is 13.2. The van der Waals surface area contributed by atoms with Crippen LogP contribution in [0.3, 0.4) is 0 Å². The summed E-state index contributed by atoms with van der Waals surface area (Å²) in [6, 6.07) is 10.8. The molecule has 0 unspecified atom stereocenters. The van der Waals surface area contributed by atoms with E-state index in [0.29, 0.717) is 11.1 Å². The second-order valence-corrected chi connectivity index (χ2v) is 6.84. The Hall–Kier alpha value is -2.55. The number of carbonyl (C=O) groups is 1. The molecule has 0 heterocycles. The molecular formula is C20H17Cl2FN2O2. The highest BCUT2D eigenvalue weighted by atomic mass is 35.5. The minimum atomic E-state index is -0.480. The second kappa shape index (κ2) is 9.40. The van der Waals surface area contributed by atoms with Crippen molar-refractivity contribution in [3.63, 3.8) is 0 Å². The van der Waals surface area contributed by atoms with Crippen molar-refractivity contribution < 1.29 is 13.9 Å². The van der Waals surface area contributed by atoms with Gasteiger partial charge in [-0.3, -0.25) is 4.79 Å². The number of nitrogens with zero attached hydrogens (tertiary/aromatic N) is 1. The summed E-state index contributed by atoms with van der Waals surface area (Å²) in [7, 11) is 0. The Labute approximate surface area is 167 Å².